The van der Waals surface area contributed by atoms with E-state index in [1.807, 2.05) is 13.8 Å². The smallest absolute Gasteiger partial charge is 0.272 e. The molecule has 0 saturated heterocycles. The first-order chi connectivity index (χ1) is 13.3. The standard InChI is InChI=1S/C21H19ClN2O3S/c1-4-28-19-18(14-6-8-15(9-7-14)23-13(3)25)20(26)24(21(19)27)16-10-5-12(2)17(22)11-16/h5-11H,4H2,1-3H3,(H,23,25). The van der Waals surface area contributed by atoms with Crippen LogP contribution in [-0.2, 0) is 14.4 Å². The molecule has 28 heavy (non-hydrogen) atoms. The van der Waals surface area contributed by atoms with Gasteiger partial charge in [0.2, 0.25) is 5.91 Å². The maximum atomic E-state index is 13.2. The number of imide groups is 1. The summed E-state index contributed by atoms with van der Waals surface area (Å²) in [7, 11) is 0. The van der Waals surface area contributed by atoms with Gasteiger partial charge in [0.25, 0.3) is 11.8 Å². The van der Waals surface area contributed by atoms with E-state index in [9.17, 15) is 14.4 Å². The number of benzene rings is 2. The Morgan fingerprint density at radius 2 is 1.79 bits per heavy atom. The zero-order chi connectivity index (χ0) is 20.4. The van der Waals surface area contributed by atoms with Gasteiger partial charge in [0.15, 0.2) is 0 Å². The highest BCUT2D eigenvalue weighted by atomic mass is 35.5. The summed E-state index contributed by atoms with van der Waals surface area (Å²) in [6, 6.07) is 12.0. The maximum absolute atomic E-state index is 13.2. The lowest BCUT2D eigenvalue weighted by atomic mass is 10.1. The van der Waals surface area contributed by atoms with E-state index < -0.39 is 0 Å². The largest absolute Gasteiger partial charge is 0.326 e. The predicted octanol–water partition coefficient (Wildman–Crippen LogP) is 4.64. The Morgan fingerprint density at radius 1 is 1.11 bits per heavy atom. The monoisotopic (exact) mass is 414 g/mol. The molecule has 144 valence electrons. The Bertz CT molecular complexity index is 999. The Kier molecular flexibility index (Phi) is 5.91. The van der Waals surface area contributed by atoms with E-state index in [1.165, 1.54) is 23.6 Å². The van der Waals surface area contributed by atoms with Crippen LogP contribution in [-0.4, -0.2) is 23.5 Å². The molecule has 0 atom stereocenters. The number of hydrogen-bond acceptors (Lipinski definition) is 4. The zero-order valence-electron chi connectivity index (χ0n) is 15.7. The van der Waals surface area contributed by atoms with Gasteiger partial charge in [-0.2, -0.15) is 0 Å². The number of halogens is 1. The molecule has 0 saturated carbocycles. The van der Waals surface area contributed by atoms with Crippen LogP contribution < -0.4 is 10.2 Å². The Hall–Kier alpha value is -2.57. The van der Waals surface area contributed by atoms with Gasteiger partial charge in [-0.1, -0.05) is 36.7 Å². The second kappa shape index (κ2) is 8.20. The lowest BCUT2D eigenvalue weighted by molar-refractivity contribution is -0.120. The third kappa shape index (κ3) is 3.84. The van der Waals surface area contributed by atoms with Crippen molar-refractivity contribution in [3.05, 3.63) is 63.5 Å². The number of rotatable bonds is 5. The molecular weight excluding hydrogens is 396 g/mol. The summed E-state index contributed by atoms with van der Waals surface area (Å²) in [6.45, 7) is 5.22. The van der Waals surface area contributed by atoms with Crippen LogP contribution in [0.3, 0.4) is 0 Å². The fourth-order valence-electron chi connectivity index (χ4n) is 2.92. The molecule has 0 aliphatic carbocycles. The van der Waals surface area contributed by atoms with Gasteiger partial charge in [0, 0.05) is 17.6 Å². The van der Waals surface area contributed by atoms with Crippen molar-refractivity contribution in [3.8, 4) is 0 Å². The molecule has 2 aromatic carbocycles. The molecular formula is C21H19ClN2O3S. The SMILES string of the molecule is CCSC1=C(c2ccc(NC(C)=O)cc2)C(=O)N(c2ccc(C)c(Cl)c2)C1=O. The van der Waals surface area contributed by atoms with Crippen LogP contribution >= 0.6 is 23.4 Å². The fraction of sp³-hybridized carbons (Fsp3) is 0.190. The Labute approximate surface area is 172 Å². The van der Waals surface area contributed by atoms with Crippen LogP contribution in [0.25, 0.3) is 5.57 Å². The van der Waals surface area contributed by atoms with Crippen molar-refractivity contribution < 1.29 is 14.4 Å². The third-order valence-electron chi connectivity index (χ3n) is 4.24. The quantitative estimate of drug-likeness (QED) is 0.723. The van der Waals surface area contributed by atoms with Crippen LogP contribution in [0.15, 0.2) is 47.4 Å². The van der Waals surface area contributed by atoms with Crippen molar-refractivity contribution in [3.63, 3.8) is 0 Å². The van der Waals surface area contributed by atoms with Crippen LogP contribution in [0, 0.1) is 6.92 Å². The summed E-state index contributed by atoms with van der Waals surface area (Å²) in [6.07, 6.45) is 0. The normalized spacial score (nSPS) is 14.1. The van der Waals surface area contributed by atoms with Gasteiger partial charge in [-0.05, 0) is 48.1 Å². The van der Waals surface area contributed by atoms with E-state index in [0.29, 0.717) is 38.2 Å². The van der Waals surface area contributed by atoms with Gasteiger partial charge >= 0.3 is 0 Å². The highest BCUT2D eigenvalue weighted by Gasteiger charge is 2.40. The number of nitrogens with one attached hydrogen (secondary N) is 1. The van der Waals surface area contributed by atoms with Gasteiger partial charge in [0.05, 0.1) is 16.2 Å². The molecule has 1 heterocycles. The molecule has 7 heteroatoms. The van der Waals surface area contributed by atoms with Crippen LogP contribution in [0.4, 0.5) is 11.4 Å². The van der Waals surface area contributed by atoms with Crippen molar-refractivity contribution in [1.82, 2.24) is 0 Å². The fourth-order valence-corrected chi connectivity index (χ4v) is 3.95. The number of anilines is 2. The second-order valence-electron chi connectivity index (χ2n) is 6.27. The molecule has 1 aliphatic heterocycles. The molecule has 0 bridgehead atoms. The molecule has 5 nitrogen and oxygen atoms in total. The molecule has 0 unspecified atom stereocenters. The topological polar surface area (TPSA) is 66.5 Å². The van der Waals surface area contributed by atoms with E-state index in [-0.39, 0.29) is 17.7 Å². The molecule has 0 spiro atoms. The molecule has 2 aromatic rings. The number of aryl methyl sites for hydroxylation is 1. The number of nitrogens with zero attached hydrogens (tertiary/aromatic N) is 1. The Morgan fingerprint density at radius 3 is 2.36 bits per heavy atom. The average Bonchev–Trinajstić information content (AvgIpc) is 2.88. The van der Waals surface area contributed by atoms with Crippen molar-refractivity contribution >= 4 is 58.0 Å². The molecule has 1 aliphatic rings. The van der Waals surface area contributed by atoms with E-state index in [0.717, 1.165) is 5.56 Å². The van der Waals surface area contributed by atoms with Crippen molar-refractivity contribution in [1.29, 1.82) is 0 Å². The van der Waals surface area contributed by atoms with Crippen LogP contribution in [0.1, 0.15) is 25.0 Å². The van der Waals surface area contributed by atoms with E-state index >= 15 is 0 Å². The molecule has 3 amide bonds. The van der Waals surface area contributed by atoms with Gasteiger partial charge in [-0.3, -0.25) is 14.4 Å². The lowest BCUT2D eigenvalue weighted by Crippen LogP contribution is -2.31. The third-order valence-corrected chi connectivity index (χ3v) is 5.60. The van der Waals surface area contributed by atoms with Gasteiger partial charge in [-0.25, -0.2) is 4.90 Å². The summed E-state index contributed by atoms with van der Waals surface area (Å²) < 4.78 is 0. The number of carbonyl (C=O) groups is 3. The molecule has 0 radical (unpaired) electrons. The second-order valence-corrected chi connectivity index (χ2v) is 7.96. The zero-order valence-corrected chi connectivity index (χ0v) is 17.3. The first kappa shape index (κ1) is 20.2. The minimum atomic E-state index is -0.381. The van der Waals surface area contributed by atoms with Crippen molar-refractivity contribution in [2.45, 2.75) is 20.8 Å². The van der Waals surface area contributed by atoms with Gasteiger partial charge < -0.3 is 5.32 Å². The van der Waals surface area contributed by atoms with E-state index in [1.54, 1.807) is 42.5 Å². The first-order valence-corrected chi connectivity index (χ1v) is 10.1. The minimum absolute atomic E-state index is 0.177. The number of amides is 3. The molecule has 1 N–H and O–H groups in total. The summed E-state index contributed by atoms with van der Waals surface area (Å²) in [4.78, 5) is 39.0. The Balaban J connectivity index is 2.02. The maximum Gasteiger partial charge on any atom is 0.272 e. The number of thioether (sulfide) groups is 1. The van der Waals surface area contributed by atoms with Gasteiger partial charge in [-0.15, -0.1) is 11.8 Å². The number of carbonyl (C=O) groups excluding carboxylic acids is 3. The van der Waals surface area contributed by atoms with Crippen molar-refractivity contribution in [2.24, 2.45) is 0 Å². The molecule has 0 aromatic heterocycles. The van der Waals surface area contributed by atoms with Crippen LogP contribution in [0.5, 0.6) is 0 Å². The first-order valence-electron chi connectivity index (χ1n) is 8.73. The highest BCUT2D eigenvalue weighted by molar-refractivity contribution is 8.04. The lowest BCUT2D eigenvalue weighted by Gasteiger charge is -2.16. The number of hydrogen-bond donors (Lipinski definition) is 1. The summed E-state index contributed by atoms with van der Waals surface area (Å²) in [5.41, 5.74) is 2.94. The molecule has 0 fully saturated rings. The van der Waals surface area contributed by atoms with Crippen molar-refractivity contribution in [2.75, 3.05) is 16.0 Å². The average molecular weight is 415 g/mol. The summed E-state index contributed by atoms with van der Waals surface area (Å²) in [5, 5.41) is 3.18. The van der Waals surface area contributed by atoms with Crippen LogP contribution in [0.2, 0.25) is 5.02 Å². The van der Waals surface area contributed by atoms with E-state index in [2.05, 4.69) is 5.32 Å². The summed E-state index contributed by atoms with van der Waals surface area (Å²) >= 11 is 7.53. The van der Waals surface area contributed by atoms with Gasteiger partial charge in [0.1, 0.15) is 0 Å². The predicted molar refractivity (Wildman–Crippen MR) is 114 cm³/mol. The molecule has 3 rings (SSSR count). The highest BCUT2D eigenvalue weighted by Crippen LogP contribution is 2.39. The van der Waals surface area contributed by atoms with E-state index in [4.69, 9.17) is 11.6 Å². The minimum Gasteiger partial charge on any atom is -0.326 e. The summed E-state index contributed by atoms with van der Waals surface area (Å²) in [5.74, 6) is -0.251.